The van der Waals surface area contributed by atoms with E-state index in [-0.39, 0.29) is 0 Å². The van der Waals surface area contributed by atoms with Crippen molar-refractivity contribution in [2.45, 2.75) is 25.8 Å². The van der Waals surface area contributed by atoms with Crippen LogP contribution in [0.25, 0.3) is 0 Å². The van der Waals surface area contributed by atoms with Crippen LogP contribution in [0.15, 0.2) is 48.5 Å². The van der Waals surface area contributed by atoms with Crippen molar-refractivity contribution in [1.29, 1.82) is 0 Å². The molecule has 0 aromatic heterocycles. The molecule has 0 saturated carbocycles. The first-order valence-corrected chi connectivity index (χ1v) is 7.48. The molecule has 20 heavy (non-hydrogen) atoms. The molecule has 0 unspecified atom stereocenters. The number of hydrogen-bond acceptors (Lipinski definition) is 2. The Labute approximate surface area is 121 Å². The highest BCUT2D eigenvalue weighted by Gasteiger charge is 2.21. The summed E-state index contributed by atoms with van der Waals surface area (Å²) in [7, 11) is 0. The highest BCUT2D eigenvalue weighted by molar-refractivity contribution is 5.63. The molecule has 0 fully saturated rings. The maximum absolute atomic E-state index is 5.67. The highest BCUT2D eigenvalue weighted by atomic mass is 15.1. The molecule has 0 radical (unpaired) electrons. The number of benzene rings is 2. The van der Waals surface area contributed by atoms with Crippen molar-refractivity contribution in [3.63, 3.8) is 0 Å². The third kappa shape index (κ3) is 2.70. The van der Waals surface area contributed by atoms with Crippen LogP contribution < -0.4 is 10.6 Å². The summed E-state index contributed by atoms with van der Waals surface area (Å²) in [6.07, 6.45) is 3.32. The second-order valence-corrected chi connectivity index (χ2v) is 5.47. The molecule has 0 aliphatic carbocycles. The summed E-state index contributed by atoms with van der Waals surface area (Å²) in [5.41, 5.74) is 11.5. The van der Waals surface area contributed by atoms with E-state index in [4.69, 9.17) is 5.73 Å². The van der Waals surface area contributed by atoms with E-state index in [1.807, 2.05) is 0 Å². The zero-order chi connectivity index (χ0) is 13.8. The summed E-state index contributed by atoms with van der Waals surface area (Å²) in [5.74, 6) is 0. The van der Waals surface area contributed by atoms with E-state index >= 15 is 0 Å². The minimum Gasteiger partial charge on any atom is -0.366 e. The molecular weight excluding hydrogens is 244 g/mol. The van der Waals surface area contributed by atoms with Crippen molar-refractivity contribution >= 4 is 5.69 Å². The van der Waals surface area contributed by atoms with Crippen LogP contribution in [0.4, 0.5) is 5.69 Å². The Kier molecular flexibility index (Phi) is 4.03. The lowest BCUT2D eigenvalue weighted by Gasteiger charge is -2.22. The number of hydrogen-bond donors (Lipinski definition) is 1. The van der Waals surface area contributed by atoms with Gasteiger partial charge >= 0.3 is 0 Å². The lowest BCUT2D eigenvalue weighted by Crippen LogP contribution is -2.20. The van der Waals surface area contributed by atoms with E-state index in [1.165, 1.54) is 28.8 Å². The molecule has 2 nitrogen and oxygen atoms in total. The van der Waals surface area contributed by atoms with Gasteiger partial charge in [0.2, 0.25) is 0 Å². The fourth-order valence-electron chi connectivity index (χ4n) is 3.08. The van der Waals surface area contributed by atoms with Crippen molar-refractivity contribution in [2.75, 3.05) is 18.0 Å². The van der Waals surface area contributed by atoms with Gasteiger partial charge in [-0.3, -0.25) is 0 Å². The van der Waals surface area contributed by atoms with Crippen LogP contribution in [0.3, 0.4) is 0 Å². The smallest absolute Gasteiger partial charge is 0.0435 e. The SMILES string of the molecule is NCCCc1cccc2c1N(Cc1ccccc1)CC2. The monoisotopic (exact) mass is 266 g/mol. The van der Waals surface area contributed by atoms with E-state index in [0.29, 0.717) is 0 Å². The fraction of sp³-hybridized carbons (Fsp3) is 0.333. The van der Waals surface area contributed by atoms with Crippen molar-refractivity contribution in [2.24, 2.45) is 5.73 Å². The summed E-state index contributed by atoms with van der Waals surface area (Å²) in [6.45, 7) is 2.90. The van der Waals surface area contributed by atoms with Gasteiger partial charge in [0.25, 0.3) is 0 Å². The van der Waals surface area contributed by atoms with Gasteiger partial charge in [0, 0.05) is 18.8 Å². The fourth-order valence-corrected chi connectivity index (χ4v) is 3.08. The third-order valence-electron chi connectivity index (χ3n) is 4.04. The van der Waals surface area contributed by atoms with E-state index in [0.717, 1.165) is 32.5 Å². The zero-order valence-electron chi connectivity index (χ0n) is 11.9. The van der Waals surface area contributed by atoms with Gasteiger partial charge in [-0.05, 0) is 42.5 Å². The molecule has 0 amide bonds. The summed E-state index contributed by atoms with van der Waals surface area (Å²) >= 11 is 0. The molecule has 0 bridgehead atoms. The van der Waals surface area contributed by atoms with Crippen molar-refractivity contribution in [1.82, 2.24) is 0 Å². The highest BCUT2D eigenvalue weighted by Crippen LogP contribution is 2.33. The second-order valence-electron chi connectivity index (χ2n) is 5.47. The van der Waals surface area contributed by atoms with Crippen molar-refractivity contribution in [3.8, 4) is 0 Å². The molecule has 2 N–H and O–H groups in total. The standard InChI is InChI=1S/C18H22N2/c19-12-5-10-16-8-4-9-17-11-13-20(18(16)17)14-15-6-2-1-3-7-15/h1-4,6-9H,5,10-14,19H2. The Morgan fingerprint density at radius 1 is 1.00 bits per heavy atom. The Balaban J connectivity index is 1.84. The second kappa shape index (κ2) is 6.10. The number of nitrogens with zero attached hydrogens (tertiary/aromatic N) is 1. The molecule has 0 atom stereocenters. The average Bonchev–Trinajstić information content (AvgIpc) is 2.90. The molecule has 104 valence electrons. The number of para-hydroxylation sites is 1. The van der Waals surface area contributed by atoms with Gasteiger partial charge < -0.3 is 10.6 Å². The number of anilines is 1. The summed E-state index contributed by atoms with van der Waals surface area (Å²) in [4.78, 5) is 2.52. The Morgan fingerprint density at radius 2 is 1.85 bits per heavy atom. The zero-order valence-corrected chi connectivity index (χ0v) is 11.9. The first kappa shape index (κ1) is 13.2. The predicted molar refractivity (Wildman–Crippen MR) is 85.0 cm³/mol. The molecule has 1 aliphatic rings. The van der Waals surface area contributed by atoms with Gasteiger partial charge in [0.05, 0.1) is 0 Å². The van der Waals surface area contributed by atoms with Gasteiger partial charge in [0.15, 0.2) is 0 Å². The Hall–Kier alpha value is -1.80. The largest absolute Gasteiger partial charge is 0.366 e. The topological polar surface area (TPSA) is 29.3 Å². The summed E-state index contributed by atoms with van der Waals surface area (Å²) in [5, 5.41) is 0. The normalized spacial score (nSPS) is 13.6. The van der Waals surface area contributed by atoms with Gasteiger partial charge in [-0.25, -0.2) is 0 Å². The van der Waals surface area contributed by atoms with Crippen LogP contribution in [0.2, 0.25) is 0 Å². The molecule has 0 spiro atoms. The van der Waals surface area contributed by atoms with Crippen LogP contribution in [0.5, 0.6) is 0 Å². The van der Waals surface area contributed by atoms with Gasteiger partial charge in [-0.2, -0.15) is 0 Å². The van der Waals surface area contributed by atoms with E-state index < -0.39 is 0 Å². The van der Waals surface area contributed by atoms with Gasteiger partial charge in [-0.1, -0.05) is 48.5 Å². The van der Waals surface area contributed by atoms with Crippen LogP contribution >= 0.6 is 0 Å². The van der Waals surface area contributed by atoms with E-state index in [2.05, 4.69) is 53.4 Å². The number of nitrogens with two attached hydrogens (primary N) is 1. The molecule has 2 aromatic rings. The van der Waals surface area contributed by atoms with Crippen LogP contribution in [-0.4, -0.2) is 13.1 Å². The first-order chi connectivity index (χ1) is 9.88. The van der Waals surface area contributed by atoms with Crippen LogP contribution in [0, 0.1) is 0 Å². The van der Waals surface area contributed by atoms with Crippen LogP contribution in [-0.2, 0) is 19.4 Å². The Bertz CT molecular complexity index is 563. The number of fused-ring (bicyclic) bond motifs is 1. The van der Waals surface area contributed by atoms with Gasteiger partial charge in [0.1, 0.15) is 0 Å². The third-order valence-corrected chi connectivity index (χ3v) is 4.04. The maximum atomic E-state index is 5.67. The molecule has 1 heterocycles. The lowest BCUT2D eigenvalue weighted by molar-refractivity contribution is 0.807. The molecule has 3 rings (SSSR count). The summed E-state index contributed by atoms with van der Waals surface area (Å²) < 4.78 is 0. The number of aryl methyl sites for hydroxylation is 1. The maximum Gasteiger partial charge on any atom is 0.0435 e. The van der Waals surface area contributed by atoms with Crippen LogP contribution in [0.1, 0.15) is 23.1 Å². The quantitative estimate of drug-likeness (QED) is 0.901. The molecular formula is C18H22N2. The summed E-state index contributed by atoms with van der Waals surface area (Å²) in [6, 6.07) is 17.5. The van der Waals surface area contributed by atoms with E-state index in [9.17, 15) is 0 Å². The molecule has 1 aliphatic heterocycles. The average molecular weight is 266 g/mol. The number of rotatable bonds is 5. The lowest BCUT2D eigenvalue weighted by atomic mass is 10.0. The minimum atomic E-state index is 0.766. The first-order valence-electron chi connectivity index (χ1n) is 7.48. The van der Waals surface area contributed by atoms with Crippen molar-refractivity contribution in [3.05, 3.63) is 65.2 Å². The van der Waals surface area contributed by atoms with Gasteiger partial charge in [-0.15, -0.1) is 0 Å². The molecule has 0 saturated heterocycles. The van der Waals surface area contributed by atoms with Crippen molar-refractivity contribution < 1.29 is 0 Å². The molecule has 2 heteroatoms. The van der Waals surface area contributed by atoms with E-state index in [1.54, 1.807) is 0 Å². The predicted octanol–water partition coefficient (Wildman–Crippen LogP) is 3.14. The molecule has 2 aromatic carbocycles. The Morgan fingerprint density at radius 3 is 2.65 bits per heavy atom. The minimum absolute atomic E-state index is 0.766.